The molecule has 1 unspecified atom stereocenters. The third kappa shape index (κ3) is 5.09. The summed E-state index contributed by atoms with van der Waals surface area (Å²) >= 11 is 0. The first-order valence-corrected chi connectivity index (χ1v) is 6.09. The second kappa shape index (κ2) is 8.06. The van der Waals surface area contributed by atoms with Crippen LogP contribution in [-0.4, -0.2) is 11.5 Å². The maximum absolute atomic E-state index is 3.84. The van der Waals surface area contributed by atoms with Crippen LogP contribution >= 0.6 is 0 Å². The lowest BCUT2D eigenvalue weighted by molar-refractivity contribution is -0.0678. The summed E-state index contributed by atoms with van der Waals surface area (Å²) in [4.78, 5) is 3.49. The first kappa shape index (κ1) is 14.9. The summed E-state index contributed by atoms with van der Waals surface area (Å²) in [6.07, 6.45) is 5.80. The number of rotatable bonds is 7. The summed E-state index contributed by atoms with van der Waals surface area (Å²) in [5.74, 6) is 1.53. The standard InChI is InChI=1S/C14H25N2/c1-7-14(8-2)12(4)10-9-11(3)13(5)16-15-6/h9,12,14H,5-8,10H2,1-4H3/q+1. The Bertz CT molecular complexity index is 292. The van der Waals surface area contributed by atoms with Crippen molar-refractivity contribution < 1.29 is 4.79 Å². The molecule has 0 fully saturated rings. The van der Waals surface area contributed by atoms with Gasteiger partial charge in [0.1, 0.15) is 10.8 Å². The number of allylic oxidation sites excluding steroid dienone is 2. The normalized spacial score (nSPS) is 13.4. The van der Waals surface area contributed by atoms with Crippen molar-refractivity contribution in [1.82, 2.24) is 0 Å². The lowest BCUT2D eigenvalue weighted by Gasteiger charge is -2.19. The van der Waals surface area contributed by atoms with E-state index in [0.717, 1.165) is 23.8 Å². The van der Waals surface area contributed by atoms with Crippen molar-refractivity contribution in [2.75, 3.05) is 0 Å². The van der Waals surface area contributed by atoms with Crippen LogP contribution in [0, 0.1) is 11.8 Å². The predicted octanol–water partition coefficient (Wildman–Crippen LogP) is 4.27. The monoisotopic (exact) mass is 221 g/mol. The van der Waals surface area contributed by atoms with Crippen molar-refractivity contribution in [3.05, 3.63) is 23.9 Å². The molecule has 0 amide bonds. The smallest absolute Gasteiger partial charge is 0.0789 e. The molecule has 0 aliphatic carbocycles. The van der Waals surface area contributed by atoms with Crippen LogP contribution < -0.4 is 0 Å². The highest BCUT2D eigenvalue weighted by Gasteiger charge is 2.12. The Kier molecular flexibility index (Phi) is 7.49. The van der Waals surface area contributed by atoms with Crippen molar-refractivity contribution in [3.63, 3.8) is 0 Å². The molecule has 0 aliphatic heterocycles. The van der Waals surface area contributed by atoms with Crippen LogP contribution in [-0.2, 0) is 0 Å². The molecule has 16 heavy (non-hydrogen) atoms. The first-order chi connectivity index (χ1) is 7.56. The summed E-state index contributed by atoms with van der Waals surface area (Å²) < 4.78 is 0. The van der Waals surface area contributed by atoms with Gasteiger partial charge in [-0.05, 0) is 30.8 Å². The van der Waals surface area contributed by atoms with Crippen LogP contribution in [0.2, 0.25) is 0 Å². The topological polar surface area (TPSA) is 26.5 Å². The van der Waals surface area contributed by atoms with Crippen molar-refractivity contribution in [3.8, 4) is 0 Å². The highest BCUT2D eigenvalue weighted by molar-refractivity contribution is 5.24. The van der Waals surface area contributed by atoms with Gasteiger partial charge in [-0.3, -0.25) is 0 Å². The molecule has 2 heteroatoms. The summed E-state index contributed by atoms with van der Waals surface area (Å²) in [5, 5.41) is 3.84. The predicted molar refractivity (Wildman–Crippen MR) is 70.6 cm³/mol. The molecule has 0 saturated heterocycles. The Morgan fingerprint density at radius 3 is 2.38 bits per heavy atom. The minimum Gasteiger partial charge on any atom is -0.0789 e. The van der Waals surface area contributed by atoms with E-state index in [1.165, 1.54) is 12.8 Å². The van der Waals surface area contributed by atoms with Gasteiger partial charge in [0.05, 0.1) is 0 Å². The number of hydrogen-bond donors (Lipinski definition) is 0. The lowest BCUT2D eigenvalue weighted by atomic mass is 9.86. The third-order valence-electron chi connectivity index (χ3n) is 3.30. The van der Waals surface area contributed by atoms with Crippen LogP contribution in [0.3, 0.4) is 0 Å². The van der Waals surface area contributed by atoms with E-state index in [0.29, 0.717) is 5.70 Å². The molecule has 0 N–H and O–H groups in total. The van der Waals surface area contributed by atoms with Gasteiger partial charge in [-0.15, -0.1) is 0 Å². The Morgan fingerprint density at radius 1 is 1.38 bits per heavy atom. The number of hydrogen-bond acceptors (Lipinski definition) is 1. The van der Waals surface area contributed by atoms with Crippen molar-refractivity contribution in [2.45, 2.75) is 47.0 Å². The minimum absolute atomic E-state index is 0.715. The van der Waals surface area contributed by atoms with Gasteiger partial charge in [0, 0.05) is 4.79 Å². The summed E-state index contributed by atoms with van der Waals surface area (Å²) in [6.45, 7) is 16.0. The molecular weight excluding hydrogens is 196 g/mol. The van der Waals surface area contributed by atoms with Crippen LogP contribution in [0.5, 0.6) is 0 Å². The van der Waals surface area contributed by atoms with Gasteiger partial charge in [-0.25, -0.2) is 0 Å². The molecule has 0 aliphatic rings. The highest BCUT2D eigenvalue weighted by Crippen LogP contribution is 2.23. The Labute approximate surface area is 99.9 Å². The molecule has 0 bridgehead atoms. The van der Waals surface area contributed by atoms with E-state index in [9.17, 15) is 0 Å². The van der Waals surface area contributed by atoms with Gasteiger partial charge >= 0.3 is 0 Å². The van der Waals surface area contributed by atoms with Gasteiger partial charge in [-0.1, -0.05) is 46.3 Å². The van der Waals surface area contributed by atoms with Crippen LogP contribution in [0.25, 0.3) is 0 Å². The highest BCUT2D eigenvalue weighted by atomic mass is 15.0. The maximum atomic E-state index is 3.84. The molecule has 0 saturated carbocycles. The fraction of sp³-hybridized carbons (Fsp3) is 0.643. The van der Waals surface area contributed by atoms with Gasteiger partial charge in [0.2, 0.25) is 0 Å². The Morgan fingerprint density at radius 2 is 1.94 bits per heavy atom. The van der Waals surface area contributed by atoms with E-state index in [4.69, 9.17) is 0 Å². The molecule has 2 nitrogen and oxygen atoms in total. The van der Waals surface area contributed by atoms with E-state index in [1.54, 1.807) is 0 Å². The molecule has 0 aromatic rings. The van der Waals surface area contributed by atoms with Crippen molar-refractivity contribution >= 4 is 6.72 Å². The fourth-order valence-corrected chi connectivity index (χ4v) is 1.93. The van der Waals surface area contributed by atoms with E-state index in [1.807, 2.05) is 6.92 Å². The number of nitrogens with zero attached hydrogens (tertiary/aromatic N) is 2. The van der Waals surface area contributed by atoms with E-state index in [2.05, 4.69) is 50.0 Å². The van der Waals surface area contributed by atoms with Crippen LogP contribution in [0.15, 0.2) is 29.0 Å². The average Bonchev–Trinajstić information content (AvgIpc) is 2.27. The first-order valence-electron chi connectivity index (χ1n) is 6.09. The second-order valence-electron chi connectivity index (χ2n) is 4.36. The maximum Gasteiger partial charge on any atom is 0.296 e. The summed E-state index contributed by atoms with van der Waals surface area (Å²) in [7, 11) is 0. The zero-order valence-corrected chi connectivity index (χ0v) is 11.2. The molecule has 90 valence electrons. The third-order valence-corrected chi connectivity index (χ3v) is 3.30. The zero-order valence-electron chi connectivity index (χ0n) is 11.2. The van der Waals surface area contributed by atoms with E-state index < -0.39 is 0 Å². The molecule has 0 heterocycles. The molecule has 0 rings (SSSR count). The molecule has 0 radical (unpaired) electrons. The van der Waals surface area contributed by atoms with Crippen LogP contribution in [0.4, 0.5) is 0 Å². The van der Waals surface area contributed by atoms with Gasteiger partial charge in [0.15, 0.2) is 0 Å². The SMILES string of the molecule is C=[N+]=NC(=C)C(C)=CCC(C)C(CC)CC. The second-order valence-corrected chi connectivity index (χ2v) is 4.36. The lowest BCUT2D eigenvalue weighted by Crippen LogP contribution is -2.08. The van der Waals surface area contributed by atoms with Crippen molar-refractivity contribution in [2.24, 2.45) is 17.0 Å². The molecule has 0 aromatic carbocycles. The largest absolute Gasteiger partial charge is 0.296 e. The minimum atomic E-state index is 0.715. The van der Waals surface area contributed by atoms with E-state index in [-0.39, 0.29) is 0 Å². The summed E-state index contributed by atoms with van der Waals surface area (Å²) in [5.41, 5.74) is 1.82. The van der Waals surface area contributed by atoms with E-state index >= 15 is 0 Å². The van der Waals surface area contributed by atoms with Gasteiger partial charge in [-0.2, -0.15) is 0 Å². The molecule has 1 atom stereocenters. The van der Waals surface area contributed by atoms with Crippen molar-refractivity contribution in [1.29, 1.82) is 0 Å². The van der Waals surface area contributed by atoms with Gasteiger partial charge in [0.25, 0.3) is 6.72 Å². The molecule has 0 spiro atoms. The Hall–Kier alpha value is -1.14. The molecular formula is C14H25N2+. The van der Waals surface area contributed by atoms with Crippen LogP contribution in [0.1, 0.15) is 47.0 Å². The Balaban J connectivity index is 4.35. The average molecular weight is 221 g/mol. The fourth-order valence-electron chi connectivity index (χ4n) is 1.93. The quantitative estimate of drug-likeness (QED) is 0.266. The van der Waals surface area contributed by atoms with Gasteiger partial charge < -0.3 is 0 Å². The molecule has 0 aromatic heterocycles. The summed E-state index contributed by atoms with van der Waals surface area (Å²) in [6, 6.07) is 0. The zero-order chi connectivity index (χ0) is 12.6.